The third-order valence-electron chi connectivity index (χ3n) is 5.27. The number of ether oxygens (including phenoxy) is 1. The molecule has 0 fully saturated rings. The predicted octanol–water partition coefficient (Wildman–Crippen LogP) is 5.41. The van der Waals surface area contributed by atoms with Gasteiger partial charge in [0.05, 0.1) is 5.56 Å². The molecule has 3 aromatic rings. The van der Waals surface area contributed by atoms with Crippen LogP contribution >= 0.6 is 11.6 Å². The van der Waals surface area contributed by atoms with Crippen LogP contribution in [0.15, 0.2) is 66.7 Å². The lowest BCUT2D eigenvalue weighted by molar-refractivity contribution is 0.112. The minimum atomic E-state index is -0.532. The Balaban J connectivity index is 1.35. The summed E-state index contributed by atoms with van der Waals surface area (Å²) in [5.41, 5.74) is 5.15. The van der Waals surface area contributed by atoms with E-state index in [0.29, 0.717) is 16.9 Å². The topological polar surface area (TPSA) is 75.6 Å². The van der Waals surface area contributed by atoms with Crippen LogP contribution < -0.4 is 5.32 Å². The summed E-state index contributed by atoms with van der Waals surface area (Å²) in [5.74, 6) is -0.157. The molecule has 156 valence electrons. The van der Waals surface area contributed by atoms with E-state index in [0.717, 1.165) is 11.1 Å². The molecule has 0 radical (unpaired) electrons. The number of amides is 1. The van der Waals surface area contributed by atoms with E-state index in [-0.39, 0.29) is 30.4 Å². The van der Waals surface area contributed by atoms with Gasteiger partial charge in [0.25, 0.3) is 0 Å². The van der Waals surface area contributed by atoms with Gasteiger partial charge in [0.1, 0.15) is 12.4 Å². The van der Waals surface area contributed by atoms with Crippen molar-refractivity contribution in [2.75, 3.05) is 13.2 Å². The number of fused-ring (bicyclic) bond motifs is 3. The maximum atomic E-state index is 12.2. The van der Waals surface area contributed by atoms with E-state index in [1.165, 1.54) is 23.3 Å². The number of carbonyl (C=O) groups is 2. The number of hydrogen-bond acceptors (Lipinski definition) is 4. The first kappa shape index (κ1) is 20.7. The highest BCUT2D eigenvalue weighted by Crippen LogP contribution is 2.44. The first-order chi connectivity index (χ1) is 15.1. The Morgan fingerprint density at radius 1 is 1.03 bits per heavy atom. The number of halogens is 1. The smallest absolute Gasteiger partial charge is 0.407 e. The quantitative estimate of drug-likeness (QED) is 0.509. The average Bonchev–Trinajstić information content (AvgIpc) is 3.11. The van der Waals surface area contributed by atoms with Crippen LogP contribution in [0.25, 0.3) is 17.2 Å². The molecule has 1 aliphatic carbocycles. The van der Waals surface area contributed by atoms with Gasteiger partial charge in [0, 0.05) is 23.0 Å². The Bertz CT molecular complexity index is 1130. The highest BCUT2D eigenvalue weighted by Gasteiger charge is 2.28. The van der Waals surface area contributed by atoms with E-state index in [1.807, 2.05) is 24.3 Å². The molecular weight excluding hydrogens is 414 g/mol. The fourth-order valence-corrected chi connectivity index (χ4v) is 4.07. The van der Waals surface area contributed by atoms with E-state index in [1.54, 1.807) is 12.2 Å². The van der Waals surface area contributed by atoms with Crippen LogP contribution in [-0.2, 0) is 4.74 Å². The summed E-state index contributed by atoms with van der Waals surface area (Å²) < 4.78 is 5.47. The zero-order valence-corrected chi connectivity index (χ0v) is 17.3. The van der Waals surface area contributed by atoms with Crippen molar-refractivity contribution in [3.8, 4) is 16.9 Å². The first-order valence-corrected chi connectivity index (χ1v) is 10.2. The third kappa shape index (κ3) is 4.32. The summed E-state index contributed by atoms with van der Waals surface area (Å²) in [5, 5.41) is 13.0. The predicted molar refractivity (Wildman–Crippen MR) is 121 cm³/mol. The summed E-state index contributed by atoms with van der Waals surface area (Å²) >= 11 is 5.95. The number of aromatic hydroxyl groups is 1. The van der Waals surface area contributed by atoms with Crippen molar-refractivity contribution in [1.82, 2.24) is 5.32 Å². The highest BCUT2D eigenvalue weighted by atomic mass is 35.5. The molecule has 31 heavy (non-hydrogen) atoms. The van der Waals surface area contributed by atoms with Crippen molar-refractivity contribution in [3.63, 3.8) is 0 Å². The van der Waals surface area contributed by atoms with Gasteiger partial charge in [-0.15, -0.1) is 0 Å². The monoisotopic (exact) mass is 433 g/mol. The molecule has 0 saturated carbocycles. The van der Waals surface area contributed by atoms with E-state index >= 15 is 0 Å². The van der Waals surface area contributed by atoms with Gasteiger partial charge < -0.3 is 15.2 Å². The van der Waals surface area contributed by atoms with E-state index in [4.69, 9.17) is 16.3 Å². The van der Waals surface area contributed by atoms with E-state index < -0.39 is 6.09 Å². The first-order valence-electron chi connectivity index (χ1n) is 9.81. The zero-order valence-electron chi connectivity index (χ0n) is 16.5. The van der Waals surface area contributed by atoms with Crippen molar-refractivity contribution in [1.29, 1.82) is 0 Å². The fourth-order valence-electron chi connectivity index (χ4n) is 3.84. The number of carbonyl (C=O) groups excluding carboxylic acids is 2. The molecule has 0 bridgehead atoms. The highest BCUT2D eigenvalue weighted by molar-refractivity contribution is 6.31. The largest absolute Gasteiger partial charge is 0.507 e. The Morgan fingerprint density at radius 2 is 1.65 bits per heavy atom. The van der Waals surface area contributed by atoms with Crippen LogP contribution in [0.2, 0.25) is 5.02 Å². The van der Waals surface area contributed by atoms with Crippen LogP contribution in [0.4, 0.5) is 4.79 Å². The van der Waals surface area contributed by atoms with Crippen LogP contribution in [0.5, 0.6) is 5.75 Å². The molecule has 5 nitrogen and oxygen atoms in total. The molecule has 6 heteroatoms. The van der Waals surface area contributed by atoms with Crippen LogP contribution in [-0.4, -0.2) is 30.6 Å². The van der Waals surface area contributed by atoms with Gasteiger partial charge in [-0.05, 0) is 34.4 Å². The fraction of sp³-hybridized carbons (Fsp3) is 0.120. The number of benzene rings is 3. The molecule has 0 saturated heterocycles. The minimum Gasteiger partial charge on any atom is -0.507 e. The lowest BCUT2D eigenvalue weighted by atomic mass is 9.98. The molecule has 1 amide bonds. The van der Waals surface area contributed by atoms with Crippen molar-refractivity contribution in [2.24, 2.45) is 0 Å². The molecule has 1 aliphatic rings. The van der Waals surface area contributed by atoms with E-state index in [2.05, 4.69) is 29.6 Å². The standard InChI is InChI=1S/C25H20ClNO4/c26-18-12-16(24(29)17(13-18)14-28)6-5-11-27-25(30)31-15-23-21-9-3-1-7-19(21)20-8-2-4-10-22(20)23/h1-10,12-14,23,29H,11,15H2,(H,27,30). The van der Waals surface area contributed by atoms with Gasteiger partial charge in [-0.25, -0.2) is 4.79 Å². The summed E-state index contributed by atoms with van der Waals surface area (Å²) in [6, 6.07) is 19.2. The molecule has 0 unspecified atom stereocenters. The summed E-state index contributed by atoms with van der Waals surface area (Å²) in [4.78, 5) is 23.1. The number of aldehydes is 1. The molecule has 0 spiro atoms. The number of alkyl carbamates (subject to hydrolysis) is 1. The Kier molecular flexibility index (Phi) is 6.05. The van der Waals surface area contributed by atoms with Crippen molar-refractivity contribution < 1.29 is 19.4 Å². The third-order valence-corrected chi connectivity index (χ3v) is 5.48. The summed E-state index contributed by atoms with van der Waals surface area (Å²) in [6.45, 7) is 0.431. The SMILES string of the molecule is O=Cc1cc(Cl)cc(C=CCNC(=O)OCC2c3ccccc3-c3ccccc32)c1O. The summed E-state index contributed by atoms with van der Waals surface area (Å²) in [6.07, 6.45) is 3.22. The lowest BCUT2D eigenvalue weighted by Crippen LogP contribution is -2.26. The molecule has 0 aromatic heterocycles. The van der Waals surface area contributed by atoms with Gasteiger partial charge in [0.15, 0.2) is 6.29 Å². The Hall–Kier alpha value is -3.57. The van der Waals surface area contributed by atoms with Crippen LogP contribution in [0.1, 0.15) is 33.0 Å². The van der Waals surface area contributed by atoms with Crippen molar-refractivity contribution in [2.45, 2.75) is 5.92 Å². The van der Waals surface area contributed by atoms with Crippen LogP contribution in [0.3, 0.4) is 0 Å². The molecule has 0 heterocycles. The molecular formula is C25H20ClNO4. The number of phenols is 1. The number of rotatable bonds is 6. The number of phenolic OH excluding ortho intramolecular Hbond substituents is 1. The Labute approximate surface area is 184 Å². The van der Waals surface area contributed by atoms with Gasteiger partial charge in [-0.3, -0.25) is 4.79 Å². The second-order valence-electron chi connectivity index (χ2n) is 7.16. The van der Waals surface area contributed by atoms with Crippen molar-refractivity contribution >= 4 is 30.1 Å². The van der Waals surface area contributed by atoms with Crippen LogP contribution in [0, 0.1) is 0 Å². The molecule has 0 aliphatic heterocycles. The Morgan fingerprint density at radius 3 is 2.29 bits per heavy atom. The molecule has 0 atom stereocenters. The average molecular weight is 434 g/mol. The number of hydrogen-bond donors (Lipinski definition) is 2. The maximum Gasteiger partial charge on any atom is 0.407 e. The summed E-state index contributed by atoms with van der Waals surface area (Å²) in [7, 11) is 0. The second-order valence-corrected chi connectivity index (χ2v) is 7.60. The molecule has 3 aromatic carbocycles. The molecule has 2 N–H and O–H groups in total. The lowest BCUT2D eigenvalue weighted by Gasteiger charge is -2.14. The van der Waals surface area contributed by atoms with Gasteiger partial charge in [0.2, 0.25) is 0 Å². The maximum absolute atomic E-state index is 12.2. The zero-order chi connectivity index (χ0) is 21.8. The van der Waals surface area contributed by atoms with Gasteiger partial charge in [-0.2, -0.15) is 0 Å². The minimum absolute atomic E-state index is 0.00105. The van der Waals surface area contributed by atoms with Gasteiger partial charge >= 0.3 is 6.09 Å². The van der Waals surface area contributed by atoms with Crippen molar-refractivity contribution in [3.05, 3.63) is 94.0 Å². The second kappa shape index (κ2) is 9.06. The number of nitrogens with one attached hydrogen (secondary N) is 1. The van der Waals surface area contributed by atoms with Gasteiger partial charge in [-0.1, -0.05) is 72.3 Å². The molecule has 4 rings (SSSR count). The van der Waals surface area contributed by atoms with E-state index in [9.17, 15) is 14.7 Å². The normalized spacial score (nSPS) is 12.4.